The van der Waals surface area contributed by atoms with Crippen LogP contribution in [0.3, 0.4) is 0 Å². The van der Waals surface area contributed by atoms with Gasteiger partial charge >= 0.3 is 0 Å². The third kappa shape index (κ3) is 3.13. The fraction of sp³-hybridized carbons (Fsp3) is 0.0556. The minimum atomic E-state index is -0.782. The van der Waals surface area contributed by atoms with E-state index in [2.05, 4.69) is 25.3 Å². The lowest BCUT2D eigenvalue weighted by molar-refractivity contribution is 0.0927. The Morgan fingerprint density at radius 1 is 1.11 bits per heavy atom. The number of carbonyl (C=O) groups excluding carboxylic acids is 2. The van der Waals surface area contributed by atoms with Crippen LogP contribution in [0.4, 0.5) is 0 Å². The van der Waals surface area contributed by atoms with E-state index < -0.39 is 11.8 Å². The molecule has 4 aromatic rings. The molecule has 2 amide bonds. The summed E-state index contributed by atoms with van der Waals surface area (Å²) in [5.41, 5.74) is 7.58. The quantitative estimate of drug-likeness (QED) is 0.491. The normalized spacial score (nSPS) is 10.8. The molecule has 0 radical (unpaired) electrons. The molecule has 9 nitrogen and oxygen atoms in total. The standard InChI is InChI=1S/C18H15N7O2/c19-16(26)15-14(17(27)21-9-11-5-3-4-8-20-11)22-10-25(15)18-23-12-6-1-2-7-13(12)24-18/h1-8,10H,9H2,(H2,19,26)(H,21,27)(H,23,24). The lowest BCUT2D eigenvalue weighted by atomic mass is 10.2. The van der Waals surface area contributed by atoms with Crippen molar-refractivity contribution < 1.29 is 9.59 Å². The summed E-state index contributed by atoms with van der Waals surface area (Å²) < 4.78 is 1.37. The summed E-state index contributed by atoms with van der Waals surface area (Å²) in [7, 11) is 0. The maximum absolute atomic E-state index is 12.5. The Balaban J connectivity index is 1.66. The Kier molecular flexibility index (Phi) is 4.09. The molecule has 0 unspecified atom stereocenters. The fourth-order valence-electron chi connectivity index (χ4n) is 2.72. The zero-order chi connectivity index (χ0) is 18.8. The number of rotatable bonds is 5. The molecule has 0 saturated heterocycles. The van der Waals surface area contributed by atoms with Gasteiger partial charge in [0.15, 0.2) is 5.69 Å². The second-order valence-corrected chi connectivity index (χ2v) is 5.76. The van der Waals surface area contributed by atoms with Gasteiger partial charge in [-0.05, 0) is 24.3 Å². The van der Waals surface area contributed by atoms with E-state index >= 15 is 0 Å². The molecule has 0 aliphatic heterocycles. The SMILES string of the molecule is NC(=O)c1c(C(=O)NCc2ccccn2)ncn1-c1nc2ccccc2[nH]1. The first-order valence-electron chi connectivity index (χ1n) is 8.14. The molecule has 9 heteroatoms. The van der Waals surface area contributed by atoms with Crippen LogP contribution in [-0.4, -0.2) is 36.3 Å². The van der Waals surface area contributed by atoms with Gasteiger partial charge in [-0.25, -0.2) is 9.97 Å². The summed E-state index contributed by atoms with van der Waals surface area (Å²) in [6, 6.07) is 12.8. The molecule has 0 saturated carbocycles. The molecule has 0 spiro atoms. The van der Waals surface area contributed by atoms with Crippen LogP contribution in [0.5, 0.6) is 0 Å². The van der Waals surface area contributed by atoms with Crippen LogP contribution in [0, 0.1) is 0 Å². The number of H-pyrrole nitrogens is 1. The van der Waals surface area contributed by atoms with Crippen molar-refractivity contribution in [2.75, 3.05) is 0 Å². The molecule has 1 aromatic carbocycles. The predicted octanol–water partition coefficient (Wildman–Crippen LogP) is 1.17. The molecule has 3 heterocycles. The van der Waals surface area contributed by atoms with Crippen molar-refractivity contribution in [2.45, 2.75) is 6.54 Å². The molecule has 27 heavy (non-hydrogen) atoms. The first-order chi connectivity index (χ1) is 13.1. The molecule has 134 valence electrons. The largest absolute Gasteiger partial charge is 0.364 e. The number of nitrogens with zero attached hydrogens (tertiary/aromatic N) is 4. The van der Waals surface area contributed by atoms with Crippen LogP contribution in [0.2, 0.25) is 0 Å². The predicted molar refractivity (Wildman–Crippen MR) is 97.1 cm³/mol. The highest BCUT2D eigenvalue weighted by Gasteiger charge is 2.24. The van der Waals surface area contributed by atoms with E-state index in [1.807, 2.05) is 30.3 Å². The maximum Gasteiger partial charge on any atom is 0.272 e. The van der Waals surface area contributed by atoms with Crippen LogP contribution >= 0.6 is 0 Å². The van der Waals surface area contributed by atoms with Crippen molar-refractivity contribution in [1.29, 1.82) is 0 Å². The number of hydrogen-bond donors (Lipinski definition) is 3. The van der Waals surface area contributed by atoms with Gasteiger partial charge in [-0.3, -0.25) is 19.1 Å². The van der Waals surface area contributed by atoms with E-state index in [9.17, 15) is 9.59 Å². The molecule has 0 bridgehead atoms. The molecule has 0 aliphatic rings. The number of aromatic nitrogens is 5. The van der Waals surface area contributed by atoms with Gasteiger partial charge in [-0.15, -0.1) is 0 Å². The molecule has 4 N–H and O–H groups in total. The average Bonchev–Trinajstić information content (AvgIpc) is 3.30. The van der Waals surface area contributed by atoms with Gasteiger partial charge in [0.25, 0.3) is 11.8 Å². The Hall–Kier alpha value is -4.01. The summed E-state index contributed by atoms with van der Waals surface area (Å²) >= 11 is 0. The first kappa shape index (κ1) is 16.5. The van der Waals surface area contributed by atoms with Crippen LogP contribution < -0.4 is 11.1 Å². The van der Waals surface area contributed by atoms with Gasteiger partial charge in [0.2, 0.25) is 5.95 Å². The number of nitrogens with two attached hydrogens (primary N) is 1. The molecular formula is C18H15N7O2. The number of hydrogen-bond acceptors (Lipinski definition) is 5. The Labute approximate surface area is 153 Å². The monoisotopic (exact) mass is 361 g/mol. The van der Waals surface area contributed by atoms with Gasteiger partial charge in [-0.2, -0.15) is 0 Å². The van der Waals surface area contributed by atoms with E-state index in [4.69, 9.17) is 5.73 Å². The van der Waals surface area contributed by atoms with Gasteiger partial charge in [-0.1, -0.05) is 18.2 Å². The Morgan fingerprint density at radius 3 is 2.67 bits per heavy atom. The minimum Gasteiger partial charge on any atom is -0.364 e. The number of pyridine rings is 1. The number of carbonyl (C=O) groups is 2. The van der Waals surface area contributed by atoms with Crippen molar-refractivity contribution in [2.24, 2.45) is 5.73 Å². The lowest BCUT2D eigenvalue weighted by Gasteiger charge is -2.05. The molecule has 0 atom stereocenters. The molecule has 3 aromatic heterocycles. The third-order valence-electron chi connectivity index (χ3n) is 3.98. The van der Waals surface area contributed by atoms with E-state index in [1.54, 1.807) is 18.3 Å². The van der Waals surface area contributed by atoms with Crippen molar-refractivity contribution in [3.8, 4) is 5.95 Å². The zero-order valence-corrected chi connectivity index (χ0v) is 14.1. The number of imidazole rings is 2. The van der Waals surface area contributed by atoms with Crippen LogP contribution in [0.25, 0.3) is 17.0 Å². The Bertz CT molecular complexity index is 1100. The first-order valence-corrected chi connectivity index (χ1v) is 8.14. The van der Waals surface area contributed by atoms with Gasteiger partial charge in [0, 0.05) is 6.20 Å². The van der Waals surface area contributed by atoms with Crippen molar-refractivity contribution >= 4 is 22.8 Å². The van der Waals surface area contributed by atoms with E-state index in [0.29, 0.717) is 11.6 Å². The van der Waals surface area contributed by atoms with Crippen LogP contribution in [0.1, 0.15) is 26.7 Å². The van der Waals surface area contributed by atoms with Gasteiger partial charge in [0.1, 0.15) is 12.0 Å². The highest BCUT2D eigenvalue weighted by Crippen LogP contribution is 2.17. The second kappa shape index (κ2) is 6.71. The number of benzene rings is 1. The number of aromatic amines is 1. The number of para-hydroxylation sites is 2. The summed E-state index contributed by atoms with van der Waals surface area (Å²) in [5, 5.41) is 2.69. The smallest absolute Gasteiger partial charge is 0.272 e. The van der Waals surface area contributed by atoms with Crippen LogP contribution in [-0.2, 0) is 6.54 Å². The summed E-state index contributed by atoms with van der Waals surface area (Å²) in [5.74, 6) is -0.957. The fourth-order valence-corrected chi connectivity index (χ4v) is 2.72. The Morgan fingerprint density at radius 2 is 1.93 bits per heavy atom. The number of amides is 2. The summed E-state index contributed by atoms with van der Waals surface area (Å²) in [4.78, 5) is 40.2. The molecule has 0 fully saturated rings. The summed E-state index contributed by atoms with van der Waals surface area (Å²) in [6.07, 6.45) is 2.97. The van der Waals surface area contributed by atoms with Gasteiger partial charge < -0.3 is 16.0 Å². The molecule has 0 aliphatic carbocycles. The average molecular weight is 361 g/mol. The van der Waals surface area contributed by atoms with Crippen molar-refractivity contribution in [3.05, 3.63) is 72.1 Å². The van der Waals surface area contributed by atoms with E-state index in [0.717, 1.165) is 11.0 Å². The minimum absolute atomic E-state index is 0.0485. The third-order valence-corrected chi connectivity index (χ3v) is 3.98. The second-order valence-electron chi connectivity index (χ2n) is 5.76. The maximum atomic E-state index is 12.5. The lowest BCUT2D eigenvalue weighted by Crippen LogP contribution is -2.28. The molecule has 4 rings (SSSR count). The zero-order valence-electron chi connectivity index (χ0n) is 14.1. The van der Waals surface area contributed by atoms with Gasteiger partial charge in [0.05, 0.1) is 23.3 Å². The molecular weight excluding hydrogens is 346 g/mol. The number of primary amides is 1. The number of fused-ring (bicyclic) bond motifs is 1. The van der Waals surface area contributed by atoms with Crippen molar-refractivity contribution in [3.63, 3.8) is 0 Å². The highest BCUT2D eigenvalue weighted by atomic mass is 16.2. The number of nitrogens with one attached hydrogen (secondary N) is 2. The van der Waals surface area contributed by atoms with E-state index in [-0.39, 0.29) is 17.9 Å². The van der Waals surface area contributed by atoms with Crippen molar-refractivity contribution in [1.82, 2.24) is 29.8 Å². The van der Waals surface area contributed by atoms with E-state index in [1.165, 1.54) is 10.9 Å². The topological polar surface area (TPSA) is 132 Å². The highest BCUT2D eigenvalue weighted by molar-refractivity contribution is 6.04. The van der Waals surface area contributed by atoms with Crippen LogP contribution in [0.15, 0.2) is 55.0 Å². The summed E-state index contributed by atoms with van der Waals surface area (Å²) in [6.45, 7) is 0.204.